The van der Waals surface area contributed by atoms with Crippen LogP contribution >= 0.6 is 7.37 Å². The van der Waals surface area contributed by atoms with E-state index >= 15 is 0 Å². The van der Waals surface area contributed by atoms with Gasteiger partial charge in [-0.15, -0.1) is 0 Å². The molecule has 1 atom stereocenters. The molecule has 0 heterocycles. The molecule has 0 rings (SSSR count). The molecule has 0 fully saturated rings. The number of nitrogens with zero attached hydrogens (tertiary/aromatic N) is 1. The quantitative estimate of drug-likeness (QED) is 0.228. The van der Waals surface area contributed by atoms with E-state index in [-0.39, 0.29) is 17.6 Å². The van der Waals surface area contributed by atoms with Crippen molar-refractivity contribution in [3.8, 4) is 0 Å². The molecule has 0 saturated heterocycles. The Bertz CT molecular complexity index is 336. The van der Waals surface area contributed by atoms with Crippen LogP contribution in [0, 0.1) is 0 Å². The van der Waals surface area contributed by atoms with Crippen LogP contribution in [0.2, 0.25) is 38.3 Å². The Kier molecular flexibility index (Phi) is 11.5. The summed E-state index contributed by atoms with van der Waals surface area (Å²) in [6.45, 7) is 11.7. The van der Waals surface area contributed by atoms with Crippen molar-refractivity contribution < 1.29 is 13.9 Å². The third kappa shape index (κ3) is 14.2. The van der Waals surface area contributed by atoms with Gasteiger partial charge in [-0.05, 0) is 25.3 Å². The van der Waals surface area contributed by atoms with E-state index in [1.165, 1.54) is 32.0 Å². The lowest BCUT2D eigenvalue weighted by atomic mass is 10.2. The van der Waals surface area contributed by atoms with E-state index in [0.717, 1.165) is 23.4 Å². The lowest BCUT2D eigenvalue weighted by Crippen LogP contribution is -2.42. The molecule has 0 saturated carbocycles. The summed E-state index contributed by atoms with van der Waals surface area (Å²) < 4.78 is 13.2. The Morgan fingerprint density at radius 1 is 0.818 bits per heavy atom. The van der Waals surface area contributed by atoms with Crippen LogP contribution < -0.4 is 0 Å². The maximum atomic E-state index is 12.0. The summed E-state index contributed by atoms with van der Waals surface area (Å²) in [5.74, 6) is 0. The molecule has 0 aliphatic rings. The minimum Gasteiger partial charge on any atom is -0.344 e. The molecule has 0 aliphatic heterocycles. The van der Waals surface area contributed by atoms with Gasteiger partial charge in [0.2, 0.25) is 0 Å². The lowest BCUT2D eigenvalue weighted by molar-refractivity contribution is -0.888. The van der Waals surface area contributed by atoms with Crippen molar-refractivity contribution in [3.05, 3.63) is 0 Å². The van der Waals surface area contributed by atoms with Crippen molar-refractivity contribution in [2.24, 2.45) is 0 Å². The van der Waals surface area contributed by atoms with Crippen molar-refractivity contribution in [1.82, 2.24) is 0 Å². The van der Waals surface area contributed by atoms with Crippen LogP contribution in [0.15, 0.2) is 0 Å². The number of hydrogen-bond acceptors (Lipinski definition) is 1. The monoisotopic (exact) mass is 364 g/mol. The molecule has 0 aromatic rings. The zero-order valence-electron chi connectivity index (χ0n) is 15.8. The Hall–Kier alpha value is 0.584. The van der Waals surface area contributed by atoms with Gasteiger partial charge in [-0.25, -0.2) is 0 Å². The van der Waals surface area contributed by atoms with Crippen molar-refractivity contribution in [2.45, 2.75) is 64.0 Å². The molecule has 1 unspecified atom stereocenters. The topological polar surface area (TPSA) is 37.3 Å². The first-order valence-electron chi connectivity index (χ1n) is 8.75. The molecular formula is C16H39NO2PSi2+. The van der Waals surface area contributed by atoms with Crippen LogP contribution in [0.5, 0.6) is 0 Å². The van der Waals surface area contributed by atoms with Crippen molar-refractivity contribution in [1.29, 1.82) is 0 Å². The molecule has 6 heteroatoms. The van der Waals surface area contributed by atoms with Gasteiger partial charge in [0.05, 0.1) is 27.2 Å². The Balaban J connectivity index is 3.70. The molecule has 22 heavy (non-hydrogen) atoms. The Morgan fingerprint density at radius 2 is 1.36 bits per heavy atom. The van der Waals surface area contributed by atoms with Crippen LogP contribution in [-0.4, -0.2) is 66.5 Å². The molecule has 3 nitrogen and oxygen atoms in total. The zero-order chi connectivity index (χ0) is 17.2. The summed E-state index contributed by atoms with van der Waals surface area (Å²) >= 11 is 0. The van der Waals surface area contributed by atoms with Crippen LogP contribution in [0.4, 0.5) is 0 Å². The number of quaternary nitrogens is 1. The van der Waals surface area contributed by atoms with Gasteiger partial charge in [0, 0.05) is 29.9 Å². The molecule has 2 radical (unpaired) electrons. The van der Waals surface area contributed by atoms with Gasteiger partial charge in [-0.3, -0.25) is 4.57 Å². The second kappa shape index (κ2) is 11.2. The Labute approximate surface area is 142 Å². The molecule has 0 spiro atoms. The average Bonchev–Trinajstić information content (AvgIpc) is 2.38. The van der Waals surface area contributed by atoms with Crippen LogP contribution in [0.1, 0.15) is 25.7 Å². The fraction of sp³-hybridized carbons (Fsp3) is 1.00. The summed E-state index contributed by atoms with van der Waals surface area (Å²) in [7, 11) is 1.37. The maximum Gasteiger partial charge on any atom is 0.200 e. The number of unbranched alkanes of at least 4 members (excludes halogenated alkanes) is 3. The third-order valence-electron chi connectivity index (χ3n) is 4.20. The normalized spacial score (nSPS) is 15.5. The third-order valence-corrected chi connectivity index (χ3v) is 9.03. The van der Waals surface area contributed by atoms with Crippen molar-refractivity contribution >= 4 is 25.0 Å². The van der Waals surface area contributed by atoms with Gasteiger partial charge >= 0.3 is 0 Å². The van der Waals surface area contributed by atoms with Gasteiger partial charge in [0.25, 0.3) is 0 Å². The lowest BCUT2D eigenvalue weighted by Gasteiger charge is -2.30. The minimum absolute atomic E-state index is 0.106. The molecular weight excluding hydrogens is 325 g/mol. The highest BCUT2D eigenvalue weighted by molar-refractivity contribution is 7.58. The van der Waals surface area contributed by atoms with E-state index < -0.39 is 7.37 Å². The first kappa shape index (κ1) is 22.6. The van der Waals surface area contributed by atoms with Gasteiger partial charge < -0.3 is 9.38 Å². The van der Waals surface area contributed by atoms with Crippen LogP contribution in [-0.2, 0) is 4.57 Å². The molecule has 0 bridgehead atoms. The largest absolute Gasteiger partial charge is 0.344 e. The summed E-state index contributed by atoms with van der Waals surface area (Å²) in [6, 6.07) is 2.37. The first-order chi connectivity index (χ1) is 10.0. The fourth-order valence-corrected chi connectivity index (χ4v) is 7.58. The van der Waals surface area contributed by atoms with Gasteiger partial charge in [-0.2, -0.15) is 0 Å². The van der Waals surface area contributed by atoms with Crippen LogP contribution in [0.25, 0.3) is 0 Å². The smallest absolute Gasteiger partial charge is 0.200 e. The van der Waals surface area contributed by atoms with Gasteiger partial charge in [-0.1, -0.05) is 38.7 Å². The summed E-state index contributed by atoms with van der Waals surface area (Å²) in [5, 5.41) is 0. The second-order valence-corrected chi connectivity index (χ2v) is 16.4. The number of rotatable bonds is 13. The molecule has 0 aliphatic carbocycles. The van der Waals surface area contributed by atoms with E-state index in [4.69, 9.17) is 0 Å². The average molecular weight is 365 g/mol. The SMILES string of the molecule is C[Si](C)CC[N+](C)(C)CCCCCCP(=O)(O)CC[Si](C)C. The minimum atomic E-state index is -2.82. The van der Waals surface area contributed by atoms with Gasteiger partial charge in [0.1, 0.15) is 0 Å². The second-order valence-electron chi connectivity index (χ2n) is 8.00. The molecule has 0 aromatic carbocycles. The van der Waals surface area contributed by atoms with Crippen LogP contribution in [0.3, 0.4) is 0 Å². The zero-order valence-corrected chi connectivity index (χ0v) is 18.7. The fourth-order valence-electron chi connectivity index (χ4n) is 2.40. The molecule has 0 aromatic heterocycles. The van der Waals surface area contributed by atoms with E-state index in [0.29, 0.717) is 12.3 Å². The summed E-state index contributed by atoms with van der Waals surface area (Å²) in [5.41, 5.74) is 0. The molecule has 1 N–H and O–H groups in total. The van der Waals surface area contributed by atoms with Crippen molar-refractivity contribution in [3.63, 3.8) is 0 Å². The number of hydrogen-bond donors (Lipinski definition) is 1. The van der Waals surface area contributed by atoms with Gasteiger partial charge in [0.15, 0.2) is 7.37 Å². The van der Waals surface area contributed by atoms with E-state index in [1.54, 1.807) is 0 Å². The van der Waals surface area contributed by atoms with E-state index in [2.05, 4.69) is 40.3 Å². The van der Waals surface area contributed by atoms with E-state index in [9.17, 15) is 9.46 Å². The highest BCUT2D eigenvalue weighted by Gasteiger charge is 2.18. The summed E-state index contributed by atoms with van der Waals surface area (Å²) in [4.78, 5) is 9.94. The highest BCUT2D eigenvalue weighted by Crippen LogP contribution is 2.42. The van der Waals surface area contributed by atoms with E-state index in [1.807, 2.05) is 0 Å². The standard InChI is InChI=1S/C16H38NO2PSi2/c1-17(2,12-15-21(3)4)11-9-7-8-10-13-20(18,19)14-16-22(5)6/h7-16H2,1-6H3/p+1. The summed E-state index contributed by atoms with van der Waals surface area (Å²) in [6.07, 6.45) is 5.57. The highest BCUT2D eigenvalue weighted by atomic mass is 31.2. The van der Waals surface area contributed by atoms with Crippen molar-refractivity contribution in [2.75, 3.05) is 39.5 Å². The predicted molar refractivity (Wildman–Crippen MR) is 104 cm³/mol. The Morgan fingerprint density at radius 3 is 1.91 bits per heavy atom. The molecule has 132 valence electrons. The first-order valence-corrected chi connectivity index (χ1v) is 16.2. The maximum absolute atomic E-state index is 12.0. The predicted octanol–water partition coefficient (Wildman–Crippen LogP) is 4.40. The molecule has 0 amide bonds.